The third-order valence-corrected chi connectivity index (χ3v) is 6.31. The van der Waals surface area contributed by atoms with Crippen LogP contribution in [-0.4, -0.2) is 49.6 Å². The van der Waals surface area contributed by atoms with Crippen molar-refractivity contribution in [1.29, 1.82) is 0 Å². The molecule has 1 aliphatic heterocycles. The molecule has 1 saturated heterocycles. The van der Waals surface area contributed by atoms with Gasteiger partial charge in [0.05, 0.1) is 6.61 Å². The van der Waals surface area contributed by atoms with Gasteiger partial charge in [0.1, 0.15) is 24.3 Å². The number of piperidine rings is 1. The van der Waals surface area contributed by atoms with Crippen LogP contribution in [0.2, 0.25) is 0 Å². The Hall–Kier alpha value is -1.55. The SMILES string of the molecule is CC(C)(C)OC(=O)N1CCC(CCCOc2ccc(P(C)(C)=O)c(F)c2)CC1. The van der Waals surface area contributed by atoms with Crippen molar-refractivity contribution in [1.82, 2.24) is 4.90 Å². The van der Waals surface area contributed by atoms with Crippen molar-refractivity contribution >= 4 is 18.5 Å². The Bertz CT molecular complexity index is 718. The van der Waals surface area contributed by atoms with Crippen LogP contribution in [0.25, 0.3) is 0 Å². The normalized spacial score (nSPS) is 16.1. The molecule has 0 N–H and O–H groups in total. The molecule has 1 fully saturated rings. The summed E-state index contributed by atoms with van der Waals surface area (Å²) < 4.78 is 37.1. The molecule has 1 heterocycles. The topological polar surface area (TPSA) is 55.8 Å². The van der Waals surface area contributed by atoms with Crippen LogP contribution in [0.3, 0.4) is 0 Å². The first-order valence-corrected chi connectivity index (χ1v) is 12.5. The van der Waals surface area contributed by atoms with Gasteiger partial charge in [0.15, 0.2) is 0 Å². The standard InChI is InChI=1S/C21H33FNO4P/c1-21(2,3)27-20(24)23-12-10-16(11-13-23)7-6-14-26-17-8-9-19(18(22)15-17)28(4,5)25/h8-9,15-16H,6-7,10-14H2,1-5H3. The molecule has 28 heavy (non-hydrogen) atoms. The molecule has 0 bridgehead atoms. The maximum atomic E-state index is 14.1. The minimum atomic E-state index is -2.62. The highest BCUT2D eigenvalue weighted by atomic mass is 31.2. The Labute approximate surface area is 168 Å². The quantitative estimate of drug-likeness (QED) is 0.493. The molecule has 0 aliphatic carbocycles. The second kappa shape index (κ2) is 9.30. The summed E-state index contributed by atoms with van der Waals surface area (Å²) >= 11 is 0. The lowest BCUT2D eigenvalue weighted by Crippen LogP contribution is -2.41. The lowest BCUT2D eigenvalue weighted by atomic mass is 9.92. The van der Waals surface area contributed by atoms with E-state index >= 15 is 0 Å². The van der Waals surface area contributed by atoms with Gasteiger partial charge in [-0.25, -0.2) is 9.18 Å². The van der Waals surface area contributed by atoms with Gasteiger partial charge in [0.25, 0.3) is 0 Å². The summed E-state index contributed by atoms with van der Waals surface area (Å²) in [4.78, 5) is 13.9. The van der Waals surface area contributed by atoms with Gasteiger partial charge in [-0.1, -0.05) is 0 Å². The molecule has 1 amide bonds. The van der Waals surface area contributed by atoms with Crippen molar-refractivity contribution in [3.8, 4) is 5.75 Å². The zero-order valence-corrected chi connectivity index (χ0v) is 18.6. The first-order chi connectivity index (χ1) is 13.0. The minimum Gasteiger partial charge on any atom is -0.493 e. The van der Waals surface area contributed by atoms with Gasteiger partial charge in [-0.2, -0.15) is 0 Å². The first-order valence-electron chi connectivity index (χ1n) is 9.91. The number of likely N-dealkylation sites (tertiary alicyclic amines) is 1. The number of nitrogens with zero attached hydrogens (tertiary/aromatic N) is 1. The monoisotopic (exact) mass is 413 g/mol. The van der Waals surface area contributed by atoms with Crippen molar-refractivity contribution in [2.24, 2.45) is 5.92 Å². The number of amides is 1. The minimum absolute atomic E-state index is 0.233. The predicted molar refractivity (Wildman–Crippen MR) is 111 cm³/mol. The van der Waals surface area contributed by atoms with E-state index in [1.165, 1.54) is 6.07 Å². The molecule has 0 spiro atoms. The maximum Gasteiger partial charge on any atom is 0.410 e. The van der Waals surface area contributed by atoms with E-state index in [-0.39, 0.29) is 11.4 Å². The van der Waals surface area contributed by atoms with Crippen LogP contribution in [0, 0.1) is 11.7 Å². The number of benzene rings is 1. The van der Waals surface area contributed by atoms with Gasteiger partial charge in [-0.05, 0) is 77.8 Å². The molecule has 2 rings (SSSR count). The molecular weight excluding hydrogens is 380 g/mol. The lowest BCUT2D eigenvalue weighted by molar-refractivity contribution is 0.0179. The molecule has 0 atom stereocenters. The van der Waals surface area contributed by atoms with E-state index in [1.807, 2.05) is 20.8 Å². The van der Waals surface area contributed by atoms with Gasteiger partial charge < -0.3 is 18.9 Å². The van der Waals surface area contributed by atoms with E-state index < -0.39 is 18.6 Å². The molecule has 1 aromatic carbocycles. The summed E-state index contributed by atoms with van der Waals surface area (Å²) in [7, 11) is -2.62. The highest BCUT2D eigenvalue weighted by molar-refractivity contribution is 7.70. The van der Waals surface area contributed by atoms with E-state index in [9.17, 15) is 13.8 Å². The number of ether oxygens (including phenoxy) is 2. The summed E-state index contributed by atoms with van der Waals surface area (Å²) in [5, 5.41) is 0.261. The predicted octanol–water partition coefficient (Wildman–Crippen LogP) is 4.88. The number of hydrogen-bond donors (Lipinski definition) is 0. The van der Waals surface area contributed by atoms with Crippen molar-refractivity contribution in [3.05, 3.63) is 24.0 Å². The van der Waals surface area contributed by atoms with Gasteiger partial charge in [-0.15, -0.1) is 0 Å². The summed E-state index contributed by atoms with van der Waals surface area (Å²) in [6.07, 6.45) is 3.58. The molecule has 1 aliphatic rings. The average Bonchev–Trinajstić information content (AvgIpc) is 2.56. The zero-order valence-electron chi connectivity index (χ0n) is 17.7. The van der Waals surface area contributed by atoms with Crippen LogP contribution < -0.4 is 10.0 Å². The van der Waals surface area contributed by atoms with Crippen LogP contribution in [0.1, 0.15) is 46.5 Å². The molecule has 158 valence electrons. The summed E-state index contributed by atoms with van der Waals surface area (Å²) in [5.41, 5.74) is -0.464. The van der Waals surface area contributed by atoms with Crippen molar-refractivity contribution in [2.75, 3.05) is 33.0 Å². The molecule has 7 heteroatoms. The number of carbonyl (C=O) groups excluding carboxylic acids is 1. The Morgan fingerprint density at radius 1 is 1.25 bits per heavy atom. The highest BCUT2D eigenvalue weighted by Crippen LogP contribution is 2.36. The summed E-state index contributed by atoms with van der Waals surface area (Å²) in [6, 6.07) is 4.55. The number of hydrogen-bond acceptors (Lipinski definition) is 4. The van der Waals surface area contributed by atoms with Crippen LogP contribution in [-0.2, 0) is 9.30 Å². The summed E-state index contributed by atoms with van der Waals surface area (Å²) in [6.45, 7) is 10.7. The number of halogens is 1. The maximum absolute atomic E-state index is 14.1. The number of rotatable bonds is 6. The smallest absolute Gasteiger partial charge is 0.410 e. The fourth-order valence-corrected chi connectivity index (χ4v) is 4.32. The Morgan fingerprint density at radius 2 is 1.89 bits per heavy atom. The Kier molecular flexibility index (Phi) is 7.55. The van der Waals surface area contributed by atoms with Gasteiger partial charge >= 0.3 is 6.09 Å². The average molecular weight is 413 g/mol. The van der Waals surface area contributed by atoms with Crippen LogP contribution in [0.15, 0.2) is 18.2 Å². The van der Waals surface area contributed by atoms with Crippen molar-refractivity contribution in [2.45, 2.75) is 52.1 Å². The van der Waals surface area contributed by atoms with E-state index in [4.69, 9.17) is 9.47 Å². The van der Waals surface area contributed by atoms with Gasteiger partial charge in [-0.3, -0.25) is 0 Å². The van der Waals surface area contributed by atoms with Gasteiger partial charge in [0, 0.05) is 24.5 Å². The second-order valence-corrected chi connectivity index (χ2v) is 12.0. The van der Waals surface area contributed by atoms with E-state index in [2.05, 4.69) is 0 Å². The molecule has 5 nitrogen and oxygen atoms in total. The van der Waals surface area contributed by atoms with Crippen LogP contribution in [0.4, 0.5) is 9.18 Å². The molecule has 0 radical (unpaired) electrons. The fraction of sp³-hybridized carbons (Fsp3) is 0.667. The lowest BCUT2D eigenvalue weighted by Gasteiger charge is -2.33. The van der Waals surface area contributed by atoms with Crippen molar-refractivity contribution in [3.63, 3.8) is 0 Å². The first kappa shape index (κ1) is 22.7. The Morgan fingerprint density at radius 3 is 2.43 bits per heavy atom. The largest absolute Gasteiger partial charge is 0.493 e. The molecule has 0 aromatic heterocycles. The number of carbonyl (C=O) groups is 1. The second-order valence-electron chi connectivity index (χ2n) is 8.87. The molecule has 1 aromatic rings. The summed E-state index contributed by atoms with van der Waals surface area (Å²) in [5.74, 6) is 0.558. The fourth-order valence-electron chi connectivity index (χ4n) is 3.31. The molecule has 0 saturated carbocycles. The third-order valence-electron chi connectivity index (χ3n) is 4.79. The van der Waals surface area contributed by atoms with Crippen LogP contribution >= 0.6 is 7.14 Å². The van der Waals surface area contributed by atoms with E-state index in [1.54, 1.807) is 30.4 Å². The van der Waals surface area contributed by atoms with Crippen LogP contribution in [0.5, 0.6) is 5.75 Å². The third kappa shape index (κ3) is 7.12. The van der Waals surface area contributed by atoms with E-state index in [0.717, 1.165) is 38.8 Å². The highest BCUT2D eigenvalue weighted by Gasteiger charge is 2.26. The molecule has 0 unspecified atom stereocenters. The zero-order chi connectivity index (χ0) is 20.9. The van der Waals surface area contributed by atoms with Gasteiger partial charge in [0.2, 0.25) is 0 Å². The van der Waals surface area contributed by atoms with E-state index in [0.29, 0.717) is 18.3 Å². The molecular formula is C21H33FNO4P. The Balaban J connectivity index is 1.69. The van der Waals surface area contributed by atoms with Crippen molar-refractivity contribution < 1.29 is 23.2 Å².